The molecule has 0 atom stereocenters. The van der Waals surface area contributed by atoms with Crippen LogP contribution >= 0.6 is 0 Å². The highest BCUT2D eigenvalue weighted by Crippen LogP contribution is 2.11. The summed E-state index contributed by atoms with van der Waals surface area (Å²) >= 11 is 0. The zero-order valence-corrected chi connectivity index (χ0v) is 8.07. The van der Waals surface area contributed by atoms with Crippen molar-refractivity contribution in [2.75, 3.05) is 18.5 Å². The van der Waals surface area contributed by atoms with E-state index in [-0.39, 0.29) is 5.82 Å². The summed E-state index contributed by atoms with van der Waals surface area (Å²) in [4.78, 5) is 14.9. The van der Waals surface area contributed by atoms with E-state index in [1.807, 2.05) is 0 Å². The van der Waals surface area contributed by atoms with E-state index < -0.39 is 24.6 Å². The number of hydrogen-bond donors (Lipinski definition) is 2. The van der Waals surface area contributed by atoms with E-state index in [2.05, 4.69) is 10.3 Å². The average molecular weight is 219 g/mol. The van der Waals surface area contributed by atoms with E-state index in [0.717, 1.165) is 0 Å². The molecule has 1 rings (SSSR count). The van der Waals surface area contributed by atoms with Crippen molar-refractivity contribution in [3.8, 4) is 0 Å². The molecule has 0 amide bonds. The second-order valence-corrected chi connectivity index (χ2v) is 3.06. The Morgan fingerprint density at radius 1 is 1.67 bits per heavy atom. The van der Waals surface area contributed by atoms with Crippen molar-refractivity contribution in [3.63, 3.8) is 0 Å². The molecule has 1 aromatic heterocycles. The molecule has 0 saturated heterocycles. The molecule has 7 heteroatoms. The van der Waals surface area contributed by atoms with Crippen LogP contribution in [0.5, 0.6) is 0 Å². The third kappa shape index (κ3) is 2.98. The van der Waals surface area contributed by atoms with Gasteiger partial charge in [0, 0.05) is 19.4 Å². The van der Waals surface area contributed by atoms with Crippen LogP contribution in [-0.2, 0) is 7.05 Å². The third-order valence-corrected chi connectivity index (χ3v) is 1.76. The molecule has 0 fully saturated rings. The van der Waals surface area contributed by atoms with E-state index in [1.165, 1.54) is 24.0 Å². The molecule has 0 unspecified atom stereocenters. The molecular weight excluding hydrogens is 208 g/mol. The number of aliphatic hydroxyl groups excluding tert-OH is 1. The number of aromatic nitrogens is 2. The summed E-state index contributed by atoms with van der Waals surface area (Å²) in [6, 6.07) is 0. The summed E-state index contributed by atoms with van der Waals surface area (Å²) in [6.45, 7) is -2.09. The van der Waals surface area contributed by atoms with Gasteiger partial charge in [-0.1, -0.05) is 0 Å². The molecule has 0 aliphatic heterocycles. The Morgan fingerprint density at radius 2 is 2.33 bits per heavy atom. The van der Waals surface area contributed by atoms with Gasteiger partial charge in [0.25, 0.3) is 11.5 Å². The van der Waals surface area contributed by atoms with Gasteiger partial charge in [0.15, 0.2) is 5.82 Å². The zero-order valence-electron chi connectivity index (χ0n) is 8.07. The van der Waals surface area contributed by atoms with Crippen LogP contribution in [0.25, 0.3) is 0 Å². The molecule has 2 N–H and O–H groups in total. The largest absolute Gasteiger partial charge is 0.390 e. The van der Waals surface area contributed by atoms with Crippen LogP contribution in [0.2, 0.25) is 0 Å². The predicted molar refractivity (Wildman–Crippen MR) is 50.0 cm³/mol. The van der Waals surface area contributed by atoms with Crippen molar-refractivity contribution in [2.24, 2.45) is 7.05 Å². The van der Waals surface area contributed by atoms with E-state index >= 15 is 0 Å². The lowest BCUT2D eigenvalue weighted by atomic mass is 10.3. The van der Waals surface area contributed by atoms with Crippen molar-refractivity contribution in [2.45, 2.75) is 5.92 Å². The van der Waals surface area contributed by atoms with Gasteiger partial charge < -0.3 is 15.0 Å². The summed E-state index contributed by atoms with van der Waals surface area (Å²) in [6.07, 6.45) is 2.73. The molecule has 84 valence electrons. The maximum atomic E-state index is 12.6. The topological polar surface area (TPSA) is 67.2 Å². The lowest BCUT2D eigenvalue weighted by Crippen LogP contribution is -2.33. The van der Waals surface area contributed by atoms with Crippen LogP contribution in [0, 0.1) is 0 Å². The fourth-order valence-corrected chi connectivity index (χ4v) is 0.888. The Labute approximate surface area is 84.4 Å². The number of anilines is 1. The lowest BCUT2D eigenvalue weighted by Gasteiger charge is -2.13. The molecule has 1 aromatic rings. The fraction of sp³-hybridized carbons (Fsp3) is 0.500. The first-order chi connectivity index (χ1) is 6.96. The number of rotatable bonds is 4. The maximum absolute atomic E-state index is 12.6. The molecule has 0 radical (unpaired) electrons. The first kappa shape index (κ1) is 11.6. The van der Waals surface area contributed by atoms with Crippen molar-refractivity contribution < 1.29 is 13.9 Å². The van der Waals surface area contributed by atoms with Gasteiger partial charge in [-0.3, -0.25) is 4.79 Å². The highest BCUT2D eigenvalue weighted by atomic mass is 19.3. The van der Waals surface area contributed by atoms with Gasteiger partial charge >= 0.3 is 0 Å². The van der Waals surface area contributed by atoms with Crippen molar-refractivity contribution >= 4 is 5.82 Å². The first-order valence-electron chi connectivity index (χ1n) is 4.20. The van der Waals surface area contributed by atoms with Crippen LogP contribution in [0.3, 0.4) is 0 Å². The smallest absolute Gasteiger partial charge is 0.293 e. The summed E-state index contributed by atoms with van der Waals surface area (Å²) in [5, 5.41) is 10.5. The monoisotopic (exact) mass is 219 g/mol. The number of nitrogens with zero attached hydrogens (tertiary/aromatic N) is 2. The normalized spacial score (nSPS) is 11.5. The van der Waals surface area contributed by atoms with Gasteiger partial charge in [0.2, 0.25) is 0 Å². The number of aryl methyl sites for hydroxylation is 1. The van der Waals surface area contributed by atoms with Crippen LogP contribution < -0.4 is 10.9 Å². The Hall–Kier alpha value is -1.50. The number of aliphatic hydroxyl groups is 1. The Kier molecular flexibility index (Phi) is 3.35. The number of alkyl halides is 2. The molecular formula is C8H11F2N3O2. The van der Waals surface area contributed by atoms with Crippen molar-refractivity contribution in [1.82, 2.24) is 9.55 Å². The van der Waals surface area contributed by atoms with E-state index in [4.69, 9.17) is 5.11 Å². The molecule has 0 spiro atoms. The molecule has 5 nitrogen and oxygen atoms in total. The van der Waals surface area contributed by atoms with Crippen LogP contribution in [0.15, 0.2) is 17.2 Å². The van der Waals surface area contributed by atoms with Gasteiger partial charge in [0.1, 0.15) is 6.61 Å². The highest BCUT2D eigenvalue weighted by molar-refractivity contribution is 5.30. The molecule has 15 heavy (non-hydrogen) atoms. The number of hydrogen-bond acceptors (Lipinski definition) is 4. The Morgan fingerprint density at radius 3 is 2.93 bits per heavy atom. The standard InChI is InChI=1S/C8H11F2N3O2/c1-13-3-2-11-6(7(13)15)12-4-8(9,10)5-14/h2-3,14H,4-5H2,1H3,(H,11,12). The fourth-order valence-electron chi connectivity index (χ4n) is 0.888. The van der Waals surface area contributed by atoms with Gasteiger partial charge in [-0.15, -0.1) is 0 Å². The van der Waals surface area contributed by atoms with Gasteiger partial charge in [0.05, 0.1) is 6.54 Å². The lowest BCUT2D eigenvalue weighted by molar-refractivity contribution is -0.0373. The second kappa shape index (κ2) is 4.35. The van der Waals surface area contributed by atoms with Gasteiger partial charge in [-0.25, -0.2) is 13.8 Å². The first-order valence-corrected chi connectivity index (χ1v) is 4.20. The summed E-state index contributed by atoms with van der Waals surface area (Å²) < 4.78 is 26.5. The number of nitrogens with one attached hydrogen (secondary N) is 1. The molecule has 0 saturated carbocycles. The summed E-state index contributed by atoms with van der Waals surface area (Å²) in [5.41, 5.74) is -0.494. The summed E-state index contributed by atoms with van der Waals surface area (Å²) in [5.74, 6) is -3.42. The van der Waals surface area contributed by atoms with Crippen LogP contribution in [0.4, 0.5) is 14.6 Å². The van der Waals surface area contributed by atoms with E-state index in [9.17, 15) is 13.6 Å². The molecule has 0 aliphatic rings. The zero-order chi connectivity index (χ0) is 11.5. The molecule has 1 heterocycles. The summed E-state index contributed by atoms with van der Waals surface area (Å²) in [7, 11) is 1.49. The van der Waals surface area contributed by atoms with E-state index in [1.54, 1.807) is 0 Å². The quantitative estimate of drug-likeness (QED) is 0.737. The van der Waals surface area contributed by atoms with Crippen molar-refractivity contribution in [3.05, 3.63) is 22.7 Å². The van der Waals surface area contributed by atoms with Gasteiger partial charge in [-0.05, 0) is 0 Å². The molecule has 0 bridgehead atoms. The third-order valence-electron chi connectivity index (χ3n) is 1.76. The average Bonchev–Trinajstić information content (AvgIpc) is 2.20. The minimum atomic E-state index is -3.26. The molecule has 0 aliphatic carbocycles. The van der Waals surface area contributed by atoms with Crippen molar-refractivity contribution in [1.29, 1.82) is 0 Å². The van der Waals surface area contributed by atoms with Crippen LogP contribution in [0.1, 0.15) is 0 Å². The second-order valence-electron chi connectivity index (χ2n) is 3.06. The molecule has 0 aromatic carbocycles. The predicted octanol–water partition coefficient (Wildman–Crippen LogP) is -0.180. The minimum Gasteiger partial charge on any atom is -0.390 e. The highest BCUT2D eigenvalue weighted by Gasteiger charge is 2.27. The maximum Gasteiger partial charge on any atom is 0.293 e. The van der Waals surface area contributed by atoms with E-state index in [0.29, 0.717) is 0 Å². The van der Waals surface area contributed by atoms with Gasteiger partial charge in [-0.2, -0.15) is 0 Å². The Bertz CT molecular complexity index is 392. The van der Waals surface area contributed by atoms with Crippen LogP contribution in [-0.4, -0.2) is 33.7 Å². The number of halogens is 2. The SMILES string of the molecule is Cn1ccnc(NCC(F)(F)CO)c1=O. The Balaban J connectivity index is 2.75. The minimum absolute atomic E-state index is 0.159.